The van der Waals surface area contributed by atoms with E-state index in [1.807, 2.05) is 60.6 Å². The van der Waals surface area contributed by atoms with Crippen molar-refractivity contribution in [1.29, 1.82) is 0 Å². The highest BCUT2D eigenvalue weighted by Crippen LogP contribution is 2.21. The normalized spacial score (nSPS) is 12.9. The van der Waals surface area contributed by atoms with Crippen LogP contribution in [0.3, 0.4) is 0 Å². The molecule has 1 aliphatic rings. The molecule has 19 heavy (non-hydrogen) atoms. The minimum absolute atomic E-state index is 0.128. The van der Waals surface area contributed by atoms with Crippen molar-refractivity contribution < 1.29 is 4.79 Å². The van der Waals surface area contributed by atoms with E-state index in [1.54, 1.807) is 0 Å². The average molecular weight is 244 g/mol. The second-order valence-electron chi connectivity index (χ2n) is 4.60. The smallest absolute Gasteiger partial charge is 0.188 e. The Balaban J connectivity index is 1.94. The average Bonchev–Trinajstić information content (AvgIpc) is 3.02. The third-order valence-electron chi connectivity index (χ3n) is 3.29. The highest BCUT2D eigenvalue weighted by Gasteiger charge is 2.14. The van der Waals surface area contributed by atoms with Crippen molar-refractivity contribution in [3.63, 3.8) is 0 Å². The van der Waals surface area contributed by atoms with Gasteiger partial charge in [-0.15, -0.1) is 5.98 Å². The van der Waals surface area contributed by atoms with Crippen molar-refractivity contribution in [2.75, 3.05) is 0 Å². The lowest BCUT2D eigenvalue weighted by molar-refractivity contribution is 0.104. The quantitative estimate of drug-likeness (QED) is 0.597. The summed E-state index contributed by atoms with van der Waals surface area (Å²) in [5.74, 6) is 2.14. The molecule has 0 N–H and O–H groups in total. The van der Waals surface area contributed by atoms with Gasteiger partial charge in [0.1, 0.15) is 0 Å². The zero-order valence-electron chi connectivity index (χ0n) is 10.5. The van der Waals surface area contributed by atoms with Gasteiger partial charge in [0.2, 0.25) is 0 Å². The lowest BCUT2D eigenvalue weighted by Crippen LogP contribution is -2.06. The van der Waals surface area contributed by atoms with Crippen LogP contribution in [-0.2, 0) is 0 Å². The number of rotatable bonds is 3. The number of benzene rings is 2. The second-order valence-corrected chi connectivity index (χ2v) is 4.60. The molecular formula is C17H13BO. The predicted molar refractivity (Wildman–Crippen MR) is 80.6 cm³/mol. The molecule has 0 fully saturated rings. The Morgan fingerprint density at radius 2 is 1.68 bits per heavy atom. The van der Waals surface area contributed by atoms with Crippen molar-refractivity contribution in [2.45, 2.75) is 0 Å². The summed E-state index contributed by atoms with van der Waals surface area (Å²) in [6.45, 7) is 0. The summed E-state index contributed by atoms with van der Waals surface area (Å²) in [4.78, 5) is 12.3. The fourth-order valence-corrected chi connectivity index (χ4v) is 2.27. The number of hydrogen-bond acceptors (Lipinski definition) is 1. The zero-order valence-corrected chi connectivity index (χ0v) is 10.5. The van der Waals surface area contributed by atoms with Gasteiger partial charge in [-0.05, 0) is 22.7 Å². The van der Waals surface area contributed by atoms with E-state index in [0.717, 1.165) is 29.4 Å². The molecule has 1 nitrogen and oxygen atoms in total. The first-order valence-electron chi connectivity index (χ1n) is 6.40. The van der Waals surface area contributed by atoms with E-state index in [2.05, 4.69) is 12.1 Å². The van der Waals surface area contributed by atoms with Crippen LogP contribution in [0.5, 0.6) is 0 Å². The molecule has 0 unspecified atom stereocenters. The standard InChI is InChI=1S/C17H13BO/c19-17(16-10-5-11-18-16)15-9-4-8-14(12-15)13-6-2-1-3-7-13/h1-12,18H. The van der Waals surface area contributed by atoms with Crippen LogP contribution < -0.4 is 0 Å². The van der Waals surface area contributed by atoms with E-state index in [4.69, 9.17) is 0 Å². The van der Waals surface area contributed by atoms with E-state index in [0.29, 0.717) is 0 Å². The summed E-state index contributed by atoms with van der Waals surface area (Å²) in [5, 5.41) is 0. The van der Waals surface area contributed by atoms with Crippen LogP contribution in [0.4, 0.5) is 0 Å². The highest BCUT2D eigenvalue weighted by molar-refractivity contribution is 6.61. The van der Waals surface area contributed by atoms with E-state index >= 15 is 0 Å². The Labute approximate surface area is 113 Å². The van der Waals surface area contributed by atoms with Crippen molar-refractivity contribution in [1.82, 2.24) is 0 Å². The molecule has 1 heterocycles. The molecule has 0 saturated carbocycles. The second kappa shape index (κ2) is 5.11. The van der Waals surface area contributed by atoms with Crippen molar-refractivity contribution >= 4 is 13.1 Å². The molecule has 2 aromatic rings. The molecule has 2 heteroatoms. The minimum Gasteiger partial charge on any atom is -0.290 e. The van der Waals surface area contributed by atoms with E-state index in [-0.39, 0.29) is 5.78 Å². The number of Topliss-reactive ketones (excluding diaryl/α,β-unsaturated/α-hetero) is 1. The van der Waals surface area contributed by atoms with E-state index in [9.17, 15) is 4.79 Å². The first-order valence-corrected chi connectivity index (χ1v) is 6.40. The number of ketones is 1. The number of allylic oxidation sites excluding steroid dienone is 3. The Bertz CT molecular complexity index is 669. The molecule has 0 aliphatic carbocycles. The number of hydrogen-bond donors (Lipinski definition) is 0. The molecule has 90 valence electrons. The maximum atomic E-state index is 12.3. The largest absolute Gasteiger partial charge is 0.290 e. The minimum atomic E-state index is 0.128. The molecule has 1 aliphatic heterocycles. The first kappa shape index (κ1) is 11.7. The van der Waals surface area contributed by atoms with Gasteiger partial charge >= 0.3 is 0 Å². The molecule has 0 atom stereocenters. The van der Waals surface area contributed by atoms with Gasteiger partial charge in [-0.2, -0.15) is 0 Å². The lowest BCUT2D eigenvalue weighted by atomic mass is 9.70. The molecular weight excluding hydrogens is 231 g/mol. The van der Waals surface area contributed by atoms with Gasteiger partial charge < -0.3 is 0 Å². The summed E-state index contributed by atoms with van der Waals surface area (Å²) in [7, 11) is 0.744. The molecule has 0 amide bonds. The predicted octanol–water partition coefficient (Wildman–Crippen LogP) is 3.38. The lowest BCUT2D eigenvalue weighted by Gasteiger charge is -2.05. The Kier molecular flexibility index (Phi) is 3.15. The molecule has 0 bridgehead atoms. The maximum absolute atomic E-state index is 12.3. The molecule has 3 rings (SSSR count). The number of carbonyl (C=O) groups excluding carboxylic acids is 1. The van der Waals surface area contributed by atoms with Crippen LogP contribution in [-0.4, -0.2) is 13.1 Å². The molecule has 2 aromatic carbocycles. The Morgan fingerprint density at radius 3 is 2.42 bits per heavy atom. The first-order chi connectivity index (χ1) is 9.34. The van der Waals surface area contributed by atoms with Crippen LogP contribution in [0.25, 0.3) is 11.1 Å². The topological polar surface area (TPSA) is 17.1 Å². The monoisotopic (exact) mass is 244 g/mol. The van der Waals surface area contributed by atoms with Gasteiger partial charge in [-0.25, -0.2) is 0 Å². The van der Waals surface area contributed by atoms with Crippen molar-refractivity contribution in [3.05, 3.63) is 83.8 Å². The summed E-state index contributed by atoms with van der Waals surface area (Å²) in [6.07, 6.45) is 3.84. The van der Waals surface area contributed by atoms with Crippen molar-refractivity contribution in [2.24, 2.45) is 0 Å². The number of carbonyl (C=O) groups is 1. The molecule has 0 aromatic heterocycles. The van der Waals surface area contributed by atoms with Gasteiger partial charge in [0, 0.05) is 5.56 Å². The molecule has 0 saturated heterocycles. The van der Waals surface area contributed by atoms with E-state index in [1.165, 1.54) is 0 Å². The fourth-order valence-electron chi connectivity index (χ4n) is 2.27. The summed E-state index contributed by atoms with van der Waals surface area (Å²) >= 11 is 0. The summed E-state index contributed by atoms with van der Waals surface area (Å²) in [6, 6.07) is 17.9. The van der Waals surface area contributed by atoms with E-state index < -0.39 is 0 Å². The highest BCUT2D eigenvalue weighted by atomic mass is 16.1. The third-order valence-corrected chi connectivity index (χ3v) is 3.29. The van der Waals surface area contributed by atoms with Crippen LogP contribution in [0.2, 0.25) is 0 Å². The van der Waals surface area contributed by atoms with Gasteiger partial charge in [0.15, 0.2) is 13.1 Å². The SMILES string of the molecule is O=C(C1=CC=CB1)c1cccc(-c2ccccc2)c1. The van der Waals surface area contributed by atoms with Crippen molar-refractivity contribution in [3.8, 4) is 11.1 Å². The van der Waals surface area contributed by atoms with Crippen LogP contribution in [0, 0.1) is 0 Å². The van der Waals surface area contributed by atoms with Gasteiger partial charge in [-0.1, -0.05) is 60.7 Å². The van der Waals surface area contributed by atoms with Crippen LogP contribution >= 0.6 is 0 Å². The summed E-state index contributed by atoms with van der Waals surface area (Å²) < 4.78 is 0. The third kappa shape index (κ3) is 2.43. The molecule has 0 spiro atoms. The Hall–Kier alpha value is -2.35. The zero-order chi connectivity index (χ0) is 13.1. The van der Waals surface area contributed by atoms with Gasteiger partial charge in [0.05, 0.1) is 0 Å². The van der Waals surface area contributed by atoms with Gasteiger partial charge in [-0.3, -0.25) is 4.79 Å². The van der Waals surface area contributed by atoms with Crippen LogP contribution in [0.1, 0.15) is 10.4 Å². The summed E-state index contributed by atoms with van der Waals surface area (Å²) in [5.41, 5.74) is 3.84. The maximum Gasteiger partial charge on any atom is 0.188 e. The Morgan fingerprint density at radius 1 is 0.895 bits per heavy atom. The fraction of sp³-hybridized carbons (Fsp3) is 0. The van der Waals surface area contributed by atoms with Crippen LogP contribution in [0.15, 0.2) is 78.2 Å². The van der Waals surface area contributed by atoms with Gasteiger partial charge in [0.25, 0.3) is 0 Å². The molecule has 0 radical (unpaired) electrons.